The summed E-state index contributed by atoms with van der Waals surface area (Å²) in [5.74, 6) is 0.517. The number of ether oxygens (including phenoxy) is 1. The highest BCUT2D eigenvalue weighted by Crippen LogP contribution is 2.06. The van der Waals surface area contributed by atoms with Crippen LogP contribution >= 0.6 is 11.3 Å². The van der Waals surface area contributed by atoms with E-state index < -0.39 is 5.97 Å². The molecule has 0 bridgehead atoms. The molecule has 25 heavy (non-hydrogen) atoms. The first-order valence-corrected chi connectivity index (χ1v) is 8.28. The first kappa shape index (κ1) is 18.3. The summed E-state index contributed by atoms with van der Waals surface area (Å²) in [6.45, 7) is 7.32. The molecule has 0 unspecified atom stereocenters. The van der Waals surface area contributed by atoms with Gasteiger partial charge in [-0.25, -0.2) is 4.79 Å². The van der Waals surface area contributed by atoms with Crippen molar-refractivity contribution < 1.29 is 13.9 Å². The summed E-state index contributed by atoms with van der Waals surface area (Å²) < 4.78 is 12.2. The molecule has 0 aliphatic carbocycles. The number of aryl methyl sites for hydroxylation is 1. The van der Waals surface area contributed by atoms with Crippen molar-refractivity contribution in [1.82, 2.24) is 4.57 Å². The lowest BCUT2D eigenvalue weighted by Gasteiger charge is -2.00. The normalized spacial score (nSPS) is 11.2. The molecule has 2 aromatic heterocycles. The van der Waals surface area contributed by atoms with E-state index in [4.69, 9.17) is 9.15 Å². The second kappa shape index (κ2) is 8.15. The van der Waals surface area contributed by atoms with E-state index in [1.165, 1.54) is 10.6 Å². The van der Waals surface area contributed by atoms with Crippen LogP contribution in [0.5, 0.6) is 0 Å². The molecule has 2 heterocycles. The molecule has 7 heteroatoms. The second-order valence-corrected chi connectivity index (χ2v) is 5.90. The molecule has 2 rings (SSSR count). The number of carbonyl (C=O) groups is 1. The standard InChI is InChI=1S/C18H16N2O4S/c1-4-10-23-18(22)14(11-19)17-20(5-2)16(21)15(25-17)9-8-13-7-6-12(3)24-13/h4,6-8H,1,5,10H2,2-3H3/b17-14-. The minimum Gasteiger partial charge on any atom is -0.461 e. The van der Waals surface area contributed by atoms with Crippen LogP contribution < -0.4 is 14.8 Å². The zero-order chi connectivity index (χ0) is 18.4. The Morgan fingerprint density at radius 2 is 2.28 bits per heavy atom. The van der Waals surface area contributed by atoms with Crippen molar-refractivity contribution >= 4 is 34.7 Å². The van der Waals surface area contributed by atoms with Crippen LogP contribution in [0.1, 0.15) is 18.4 Å². The summed E-state index contributed by atoms with van der Waals surface area (Å²) in [4.78, 5) is 24.5. The van der Waals surface area contributed by atoms with Crippen LogP contribution in [0.4, 0.5) is 0 Å². The zero-order valence-corrected chi connectivity index (χ0v) is 14.7. The van der Waals surface area contributed by atoms with E-state index in [9.17, 15) is 14.9 Å². The Hall–Kier alpha value is -3.07. The smallest absolute Gasteiger partial charge is 0.352 e. The predicted molar refractivity (Wildman–Crippen MR) is 95.0 cm³/mol. The SMILES string of the molecule is C=CCOC(=O)/C(C#N)=c1\sc(=C=Cc2ccc(C)o2)c(=O)n1CC. The predicted octanol–water partition coefficient (Wildman–Crippen LogP) is 1.33. The van der Waals surface area contributed by atoms with Crippen molar-refractivity contribution in [3.63, 3.8) is 0 Å². The van der Waals surface area contributed by atoms with Crippen LogP contribution in [-0.2, 0) is 16.1 Å². The molecular formula is C18H16N2O4S. The van der Waals surface area contributed by atoms with Crippen LogP contribution in [0.2, 0.25) is 0 Å². The van der Waals surface area contributed by atoms with Gasteiger partial charge in [-0.05, 0) is 26.0 Å². The fourth-order valence-electron chi connectivity index (χ4n) is 2.03. The third kappa shape index (κ3) is 4.07. The fourth-order valence-corrected chi connectivity index (χ4v) is 3.09. The third-order valence-corrected chi connectivity index (χ3v) is 4.28. The summed E-state index contributed by atoms with van der Waals surface area (Å²) in [5.41, 5.74) is 2.33. The summed E-state index contributed by atoms with van der Waals surface area (Å²) in [7, 11) is 0. The van der Waals surface area contributed by atoms with E-state index in [1.807, 2.05) is 13.0 Å². The molecule has 0 saturated carbocycles. The van der Waals surface area contributed by atoms with E-state index in [0.717, 1.165) is 17.1 Å². The van der Waals surface area contributed by atoms with Crippen molar-refractivity contribution in [3.8, 4) is 6.07 Å². The average molecular weight is 356 g/mol. The number of nitrogens with zero attached hydrogens (tertiary/aromatic N) is 2. The van der Waals surface area contributed by atoms with Gasteiger partial charge in [-0.2, -0.15) is 5.26 Å². The van der Waals surface area contributed by atoms with Crippen LogP contribution in [0.25, 0.3) is 17.4 Å². The molecule has 0 N–H and O–H groups in total. The lowest BCUT2D eigenvalue weighted by atomic mass is 10.3. The van der Waals surface area contributed by atoms with Gasteiger partial charge in [-0.1, -0.05) is 18.4 Å². The molecule has 0 saturated heterocycles. The Bertz CT molecular complexity index is 1060. The van der Waals surface area contributed by atoms with Gasteiger partial charge in [0.05, 0.1) is 0 Å². The number of nitriles is 1. The monoisotopic (exact) mass is 356 g/mol. The van der Waals surface area contributed by atoms with Crippen LogP contribution in [0.15, 0.2) is 34.0 Å². The number of rotatable bonds is 5. The molecular weight excluding hydrogens is 340 g/mol. The lowest BCUT2D eigenvalue weighted by molar-refractivity contribution is -0.135. The maximum atomic E-state index is 12.5. The summed E-state index contributed by atoms with van der Waals surface area (Å²) in [6, 6.07) is 5.38. The minimum atomic E-state index is -0.789. The maximum Gasteiger partial charge on any atom is 0.352 e. The molecule has 0 aliphatic heterocycles. The van der Waals surface area contributed by atoms with Crippen molar-refractivity contribution in [3.05, 3.63) is 55.9 Å². The molecule has 0 aromatic carbocycles. The lowest BCUT2D eigenvalue weighted by Crippen LogP contribution is -2.32. The van der Waals surface area contributed by atoms with Crippen molar-refractivity contribution in [2.24, 2.45) is 0 Å². The van der Waals surface area contributed by atoms with Gasteiger partial charge in [0.1, 0.15) is 33.4 Å². The maximum absolute atomic E-state index is 12.5. The van der Waals surface area contributed by atoms with E-state index in [-0.39, 0.29) is 26.9 Å². The van der Waals surface area contributed by atoms with E-state index >= 15 is 0 Å². The number of carbonyl (C=O) groups excluding carboxylic acids is 1. The van der Waals surface area contributed by atoms with Gasteiger partial charge in [-0.15, -0.1) is 11.3 Å². The number of thiazole rings is 1. The molecule has 0 atom stereocenters. The molecule has 128 valence electrons. The van der Waals surface area contributed by atoms with Gasteiger partial charge in [-0.3, -0.25) is 9.36 Å². The van der Waals surface area contributed by atoms with Gasteiger partial charge < -0.3 is 9.15 Å². The average Bonchev–Trinajstić information content (AvgIpc) is 3.15. The molecule has 0 amide bonds. The number of hydrogen-bond donors (Lipinski definition) is 0. The van der Waals surface area contributed by atoms with Crippen LogP contribution in [-0.4, -0.2) is 17.1 Å². The highest BCUT2D eigenvalue weighted by molar-refractivity contribution is 7.07. The molecule has 2 aromatic rings. The van der Waals surface area contributed by atoms with Crippen molar-refractivity contribution in [2.75, 3.05) is 6.61 Å². The Labute approximate surface area is 147 Å². The van der Waals surface area contributed by atoms with Crippen molar-refractivity contribution in [1.29, 1.82) is 5.26 Å². The first-order valence-electron chi connectivity index (χ1n) is 7.47. The largest absolute Gasteiger partial charge is 0.461 e. The van der Waals surface area contributed by atoms with E-state index in [2.05, 4.69) is 12.3 Å². The number of furan rings is 1. The second-order valence-electron chi connectivity index (χ2n) is 4.90. The highest BCUT2D eigenvalue weighted by atomic mass is 32.1. The molecule has 0 aliphatic rings. The quantitative estimate of drug-likeness (QED) is 0.596. The van der Waals surface area contributed by atoms with Gasteiger partial charge >= 0.3 is 5.97 Å². The molecule has 6 nitrogen and oxygen atoms in total. The van der Waals surface area contributed by atoms with Crippen molar-refractivity contribution in [2.45, 2.75) is 20.4 Å². The summed E-state index contributed by atoms with van der Waals surface area (Å²) in [5, 5.41) is 9.31. The Morgan fingerprint density at radius 3 is 2.84 bits per heavy atom. The zero-order valence-electron chi connectivity index (χ0n) is 13.9. The van der Waals surface area contributed by atoms with Gasteiger partial charge in [0.25, 0.3) is 5.56 Å². The summed E-state index contributed by atoms with van der Waals surface area (Å²) in [6.07, 6.45) is 2.95. The van der Waals surface area contributed by atoms with Gasteiger partial charge in [0.15, 0.2) is 5.57 Å². The number of aromatic nitrogens is 1. The Kier molecular flexibility index (Phi) is 5.96. The highest BCUT2D eigenvalue weighted by Gasteiger charge is 2.16. The molecule has 0 fully saturated rings. The molecule has 0 radical (unpaired) electrons. The van der Waals surface area contributed by atoms with Crippen LogP contribution in [0.3, 0.4) is 0 Å². The number of hydrogen-bond acceptors (Lipinski definition) is 6. The van der Waals surface area contributed by atoms with Gasteiger partial charge in [0.2, 0.25) is 0 Å². The van der Waals surface area contributed by atoms with Gasteiger partial charge in [0, 0.05) is 12.6 Å². The van der Waals surface area contributed by atoms with E-state index in [0.29, 0.717) is 12.3 Å². The third-order valence-electron chi connectivity index (χ3n) is 3.17. The first-order chi connectivity index (χ1) is 12.0. The Morgan fingerprint density at radius 1 is 1.52 bits per heavy atom. The van der Waals surface area contributed by atoms with Crippen LogP contribution in [0, 0.1) is 18.3 Å². The summed E-state index contributed by atoms with van der Waals surface area (Å²) >= 11 is 1.01. The fraction of sp³-hybridized carbons (Fsp3) is 0.222. The minimum absolute atomic E-state index is 0.0114. The van der Waals surface area contributed by atoms with E-state index in [1.54, 1.807) is 25.1 Å². The molecule has 0 spiro atoms. The number of esters is 1. The topological polar surface area (TPSA) is 85.2 Å². The Balaban J connectivity index is 2.69.